The molecule has 0 saturated heterocycles. The molecule has 1 aliphatic carbocycles. The van der Waals surface area contributed by atoms with Crippen LogP contribution < -0.4 is 15.6 Å². The van der Waals surface area contributed by atoms with Crippen molar-refractivity contribution in [2.75, 3.05) is 6.61 Å². The van der Waals surface area contributed by atoms with Crippen LogP contribution in [-0.4, -0.2) is 28.7 Å². The summed E-state index contributed by atoms with van der Waals surface area (Å²) in [5.41, 5.74) is 2.66. The summed E-state index contributed by atoms with van der Waals surface area (Å²) in [6.07, 6.45) is 1.81. The number of hydrogen-bond acceptors (Lipinski definition) is 4. The summed E-state index contributed by atoms with van der Waals surface area (Å²) >= 11 is 0. The molecule has 2 aliphatic rings. The Morgan fingerprint density at radius 2 is 2.04 bits per heavy atom. The number of ether oxygens (including phenoxy) is 1. The summed E-state index contributed by atoms with van der Waals surface area (Å²) < 4.78 is 5.57. The zero-order valence-corrected chi connectivity index (χ0v) is 16.2. The van der Waals surface area contributed by atoms with Gasteiger partial charge in [-0.15, -0.1) is 0 Å². The molecule has 6 nitrogen and oxygen atoms in total. The molecule has 1 saturated carbocycles. The first-order valence-electron chi connectivity index (χ1n) is 9.90. The van der Waals surface area contributed by atoms with Gasteiger partial charge >= 0.3 is 0 Å². The SMILES string of the molecule is CC(C)c1ccc(C(=O)N[C@H](c2ccc3c(c2)CCO3)C2CC(O)C2)c(=O)[nH]1. The van der Waals surface area contributed by atoms with Crippen molar-refractivity contribution in [3.05, 3.63) is 63.1 Å². The van der Waals surface area contributed by atoms with Crippen LogP contribution in [0, 0.1) is 5.92 Å². The van der Waals surface area contributed by atoms with E-state index >= 15 is 0 Å². The van der Waals surface area contributed by atoms with E-state index in [2.05, 4.69) is 16.4 Å². The van der Waals surface area contributed by atoms with Crippen LogP contribution >= 0.6 is 0 Å². The molecule has 6 heteroatoms. The van der Waals surface area contributed by atoms with E-state index in [1.165, 1.54) is 0 Å². The van der Waals surface area contributed by atoms with Gasteiger partial charge in [0, 0.05) is 12.1 Å². The number of hydrogen-bond donors (Lipinski definition) is 3. The highest BCUT2D eigenvalue weighted by Crippen LogP contribution is 2.39. The molecule has 1 amide bonds. The number of pyridine rings is 1. The van der Waals surface area contributed by atoms with E-state index in [0.717, 1.165) is 29.0 Å². The van der Waals surface area contributed by atoms with Gasteiger partial charge in [-0.1, -0.05) is 19.9 Å². The van der Waals surface area contributed by atoms with Gasteiger partial charge in [0.05, 0.1) is 18.8 Å². The first-order chi connectivity index (χ1) is 13.4. The lowest BCUT2D eigenvalue weighted by molar-refractivity contribution is 0.0235. The quantitative estimate of drug-likeness (QED) is 0.741. The third-order valence-corrected chi connectivity index (χ3v) is 5.78. The van der Waals surface area contributed by atoms with Crippen molar-refractivity contribution in [1.29, 1.82) is 0 Å². The molecule has 0 radical (unpaired) electrons. The molecular formula is C22H26N2O4. The van der Waals surface area contributed by atoms with Gasteiger partial charge in [0.2, 0.25) is 0 Å². The van der Waals surface area contributed by atoms with Gasteiger partial charge in [0.25, 0.3) is 11.5 Å². The standard InChI is InChI=1S/C22H26N2O4/c1-12(2)18-5-4-17(21(26)23-18)22(27)24-20(15-10-16(25)11-15)14-3-6-19-13(9-14)7-8-28-19/h3-6,9,12,15-16,20,25H,7-8,10-11H2,1-2H3,(H,23,26)(H,24,27)/t15?,16?,20-/m1/s1. The number of nitrogens with one attached hydrogen (secondary N) is 2. The van der Waals surface area contributed by atoms with Gasteiger partial charge in [-0.2, -0.15) is 0 Å². The Hall–Kier alpha value is -2.60. The van der Waals surface area contributed by atoms with Crippen LogP contribution in [0.4, 0.5) is 0 Å². The van der Waals surface area contributed by atoms with Crippen molar-refractivity contribution in [1.82, 2.24) is 10.3 Å². The summed E-state index contributed by atoms with van der Waals surface area (Å²) in [5, 5.41) is 12.8. The molecule has 4 rings (SSSR count). The maximum Gasteiger partial charge on any atom is 0.261 e. The van der Waals surface area contributed by atoms with E-state index in [1.54, 1.807) is 12.1 Å². The molecule has 0 bridgehead atoms. The molecule has 148 valence electrons. The van der Waals surface area contributed by atoms with Crippen LogP contribution in [0.25, 0.3) is 0 Å². The number of H-pyrrole nitrogens is 1. The van der Waals surface area contributed by atoms with Crippen molar-refractivity contribution < 1.29 is 14.6 Å². The average Bonchev–Trinajstić information content (AvgIpc) is 3.11. The Balaban J connectivity index is 1.59. The van der Waals surface area contributed by atoms with Crippen LogP contribution in [0.1, 0.15) is 65.8 Å². The topological polar surface area (TPSA) is 91.4 Å². The number of aromatic nitrogens is 1. The van der Waals surface area contributed by atoms with Gasteiger partial charge in [-0.05, 0) is 60.1 Å². The smallest absolute Gasteiger partial charge is 0.261 e. The normalized spacial score (nSPS) is 21.6. The highest BCUT2D eigenvalue weighted by atomic mass is 16.5. The van der Waals surface area contributed by atoms with Crippen molar-refractivity contribution >= 4 is 5.91 Å². The first kappa shape index (κ1) is 18.7. The van der Waals surface area contributed by atoms with Gasteiger partial charge < -0.3 is 20.1 Å². The van der Waals surface area contributed by atoms with E-state index in [9.17, 15) is 14.7 Å². The van der Waals surface area contributed by atoms with E-state index < -0.39 is 0 Å². The molecule has 2 aromatic rings. The van der Waals surface area contributed by atoms with Crippen LogP contribution in [-0.2, 0) is 6.42 Å². The average molecular weight is 382 g/mol. The second-order valence-corrected chi connectivity index (χ2v) is 8.11. The van der Waals surface area contributed by atoms with Crippen LogP contribution in [0.2, 0.25) is 0 Å². The van der Waals surface area contributed by atoms with Crippen molar-refractivity contribution in [3.63, 3.8) is 0 Å². The highest BCUT2D eigenvalue weighted by molar-refractivity contribution is 5.94. The highest BCUT2D eigenvalue weighted by Gasteiger charge is 2.36. The third-order valence-electron chi connectivity index (χ3n) is 5.78. The van der Waals surface area contributed by atoms with E-state index in [4.69, 9.17) is 4.74 Å². The number of aliphatic hydroxyl groups is 1. The van der Waals surface area contributed by atoms with Gasteiger partial charge in [0.1, 0.15) is 11.3 Å². The summed E-state index contributed by atoms with van der Waals surface area (Å²) in [7, 11) is 0. The summed E-state index contributed by atoms with van der Waals surface area (Å²) in [6, 6.07) is 9.11. The Labute approximate surface area is 163 Å². The Morgan fingerprint density at radius 3 is 2.71 bits per heavy atom. The summed E-state index contributed by atoms with van der Waals surface area (Å²) in [5.74, 6) is 0.832. The molecule has 1 fully saturated rings. The maximum absolute atomic E-state index is 12.9. The number of aromatic amines is 1. The molecule has 1 aliphatic heterocycles. The molecule has 1 aromatic carbocycles. The van der Waals surface area contributed by atoms with Gasteiger partial charge in [0.15, 0.2) is 0 Å². The minimum atomic E-state index is -0.389. The molecule has 1 atom stereocenters. The largest absolute Gasteiger partial charge is 0.493 e. The number of benzene rings is 1. The second-order valence-electron chi connectivity index (χ2n) is 8.11. The fourth-order valence-corrected chi connectivity index (χ4v) is 4.00. The number of carbonyl (C=O) groups is 1. The number of carbonyl (C=O) groups excluding carboxylic acids is 1. The predicted octanol–water partition coefficient (Wildman–Crippen LogP) is 2.68. The first-order valence-corrected chi connectivity index (χ1v) is 9.90. The van der Waals surface area contributed by atoms with Gasteiger partial charge in [-0.3, -0.25) is 9.59 Å². The zero-order valence-electron chi connectivity index (χ0n) is 16.2. The number of fused-ring (bicyclic) bond motifs is 1. The van der Waals surface area contributed by atoms with Crippen molar-refractivity contribution in [3.8, 4) is 5.75 Å². The predicted molar refractivity (Wildman–Crippen MR) is 106 cm³/mol. The number of rotatable bonds is 5. The Kier molecular flexibility index (Phi) is 4.98. The number of amides is 1. The number of aliphatic hydroxyl groups excluding tert-OH is 1. The van der Waals surface area contributed by atoms with Crippen molar-refractivity contribution in [2.24, 2.45) is 5.92 Å². The lowest BCUT2D eigenvalue weighted by Crippen LogP contribution is -2.42. The molecule has 1 aromatic heterocycles. The van der Waals surface area contributed by atoms with Crippen LogP contribution in [0.5, 0.6) is 5.75 Å². The molecular weight excluding hydrogens is 356 g/mol. The maximum atomic E-state index is 12.9. The summed E-state index contributed by atoms with van der Waals surface area (Å²) in [4.78, 5) is 28.1. The minimum Gasteiger partial charge on any atom is -0.493 e. The van der Waals surface area contributed by atoms with E-state index in [0.29, 0.717) is 19.4 Å². The zero-order chi connectivity index (χ0) is 19.8. The lowest BCUT2D eigenvalue weighted by Gasteiger charge is -2.38. The van der Waals surface area contributed by atoms with E-state index in [-0.39, 0.29) is 41.0 Å². The monoisotopic (exact) mass is 382 g/mol. The van der Waals surface area contributed by atoms with Crippen LogP contribution in [0.15, 0.2) is 35.1 Å². The molecule has 2 heterocycles. The Morgan fingerprint density at radius 1 is 1.25 bits per heavy atom. The molecule has 0 unspecified atom stereocenters. The lowest BCUT2D eigenvalue weighted by atomic mass is 9.74. The van der Waals surface area contributed by atoms with Crippen molar-refractivity contribution in [2.45, 2.75) is 51.2 Å². The van der Waals surface area contributed by atoms with E-state index in [1.807, 2.05) is 26.0 Å². The second kappa shape index (κ2) is 7.43. The fourth-order valence-electron chi connectivity index (χ4n) is 4.00. The summed E-state index contributed by atoms with van der Waals surface area (Å²) in [6.45, 7) is 4.65. The molecule has 0 spiro atoms. The minimum absolute atomic E-state index is 0.110. The Bertz CT molecular complexity index is 944. The van der Waals surface area contributed by atoms with Crippen LogP contribution in [0.3, 0.4) is 0 Å². The fraction of sp³-hybridized carbons (Fsp3) is 0.455. The third kappa shape index (κ3) is 3.56. The van der Waals surface area contributed by atoms with Gasteiger partial charge in [-0.25, -0.2) is 0 Å². The molecule has 3 N–H and O–H groups in total. The molecule has 28 heavy (non-hydrogen) atoms.